The van der Waals surface area contributed by atoms with E-state index in [-0.39, 0.29) is 6.61 Å². The van der Waals surface area contributed by atoms with Crippen molar-refractivity contribution in [3.63, 3.8) is 0 Å². The van der Waals surface area contributed by atoms with Crippen molar-refractivity contribution in [1.29, 1.82) is 0 Å². The molecule has 3 nitrogen and oxygen atoms in total. The lowest BCUT2D eigenvalue weighted by molar-refractivity contribution is 0.0549. The van der Waals surface area contributed by atoms with Crippen molar-refractivity contribution >= 4 is 29.2 Å². The molecule has 0 aliphatic rings. The molecule has 0 saturated heterocycles. The minimum Gasteiger partial charge on any atom is -0.489 e. The standard InChI is InChI=1S/C17H14Cl2O3/c1-2-9-21-17(20)12-4-7-15(8-5-12)22-11-13-3-6-14(18)10-16(13)19/h2-8,10H,1,9,11H2. The molecule has 0 N–H and O–H groups in total. The van der Waals surface area contributed by atoms with Crippen LogP contribution in [-0.2, 0) is 11.3 Å². The van der Waals surface area contributed by atoms with Crippen LogP contribution in [0.1, 0.15) is 15.9 Å². The molecule has 2 rings (SSSR count). The average Bonchev–Trinajstić information content (AvgIpc) is 2.52. The van der Waals surface area contributed by atoms with E-state index in [1.807, 2.05) is 6.07 Å². The lowest BCUT2D eigenvalue weighted by Crippen LogP contribution is -2.05. The average molecular weight is 337 g/mol. The molecule has 0 saturated carbocycles. The molecule has 5 heteroatoms. The summed E-state index contributed by atoms with van der Waals surface area (Å²) in [6, 6.07) is 11.9. The summed E-state index contributed by atoms with van der Waals surface area (Å²) in [6.45, 7) is 3.99. The maximum atomic E-state index is 11.6. The van der Waals surface area contributed by atoms with Gasteiger partial charge in [0.1, 0.15) is 19.0 Å². The summed E-state index contributed by atoms with van der Waals surface area (Å²) < 4.78 is 10.6. The fourth-order valence-corrected chi connectivity index (χ4v) is 2.17. The van der Waals surface area contributed by atoms with Crippen LogP contribution in [0, 0.1) is 0 Å². The molecule has 0 aliphatic carbocycles. The molecule has 0 heterocycles. The molecule has 114 valence electrons. The Morgan fingerprint density at radius 3 is 2.50 bits per heavy atom. The summed E-state index contributed by atoms with van der Waals surface area (Å²) in [7, 11) is 0. The molecule has 0 radical (unpaired) electrons. The molecule has 0 aliphatic heterocycles. The van der Waals surface area contributed by atoms with Crippen LogP contribution in [0.5, 0.6) is 5.75 Å². The molecule has 2 aromatic carbocycles. The Bertz CT molecular complexity index is 666. The van der Waals surface area contributed by atoms with Crippen LogP contribution in [0.2, 0.25) is 10.0 Å². The molecule has 0 amide bonds. The van der Waals surface area contributed by atoms with Crippen LogP contribution in [-0.4, -0.2) is 12.6 Å². The molecule has 0 bridgehead atoms. The molecule has 0 spiro atoms. The minimum absolute atomic E-state index is 0.187. The Kier molecular flexibility index (Phi) is 5.87. The van der Waals surface area contributed by atoms with Gasteiger partial charge in [-0.3, -0.25) is 0 Å². The summed E-state index contributed by atoms with van der Waals surface area (Å²) in [5.74, 6) is 0.235. The molecule has 0 atom stereocenters. The molecule has 2 aromatic rings. The van der Waals surface area contributed by atoms with Crippen LogP contribution in [0.4, 0.5) is 0 Å². The lowest BCUT2D eigenvalue weighted by Gasteiger charge is -2.09. The van der Waals surface area contributed by atoms with Gasteiger partial charge in [0.2, 0.25) is 0 Å². The lowest BCUT2D eigenvalue weighted by atomic mass is 10.2. The van der Waals surface area contributed by atoms with Gasteiger partial charge in [-0.05, 0) is 36.4 Å². The highest BCUT2D eigenvalue weighted by Crippen LogP contribution is 2.23. The van der Waals surface area contributed by atoms with E-state index in [9.17, 15) is 4.79 Å². The minimum atomic E-state index is -0.396. The topological polar surface area (TPSA) is 35.5 Å². The Hall–Kier alpha value is -1.97. The quantitative estimate of drug-likeness (QED) is 0.555. The van der Waals surface area contributed by atoms with E-state index in [4.69, 9.17) is 32.7 Å². The number of esters is 1. The first kappa shape index (κ1) is 16.4. The molecular weight excluding hydrogens is 323 g/mol. The first-order valence-electron chi connectivity index (χ1n) is 6.55. The number of ether oxygens (including phenoxy) is 2. The second-order valence-electron chi connectivity index (χ2n) is 4.44. The SMILES string of the molecule is C=CCOC(=O)c1ccc(OCc2ccc(Cl)cc2Cl)cc1. The zero-order valence-corrected chi connectivity index (χ0v) is 13.2. The molecule has 0 fully saturated rings. The zero-order valence-electron chi connectivity index (χ0n) is 11.7. The highest BCUT2D eigenvalue weighted by atomic mass is 35.5. The van der Waals surface area contributed by atoms with Crippen molar-refractivity contribution in [2.24, 2.45) is 0 Å². The van der Waals surface area contributed by atoms with Gasteiger partial charge in [0.15, 0.2) is 0 Å². The molecule has 0 aromatic heterocycles. The predicted molar refractivity (Wildman–Crippen MR) is 87.7 cm³/mol. The largest absolute Gasteiger partial charge is 0.489 e. The fourth-order valence-electron chi connectivity index (χ4n) is 1.71. The Labute approximate surface area is 139 Å². The van der Waals surface area contributed by atoms with E-state index in [0.29, 0.717) is 28.0 Å². The van der Waals surface area contributed by atoms with Crippen molar-refractivity contribution in [2.75, 3.05) is 6.61 Å². The van der Waals surface area contributed by atoms with Gasteiger partial charge in [-0.1, -0.05) is 41.9 Å². The predicted octanol–water partition coefficient (Wildman–Crippen LogP) is 4.92. The second kappa shape index (κ2) is 7.87. The highest BCUT2D eigenvalue weighted by Gasteiger charge is 2.07. The summed E-state index contributed by atoms with van der Waals surface area (Å²) in [5.41, 5.74) is 1.29. The van der Waals surface area contributed by atoms with Crippen LogP contribution < -0.4 is 4.74 Å². The van der Waals surface area contributed by atoms with E-state index < -0.39 is 5.97 Å². The van der Waals surface area contributed by atoms with Gasteiger partial charge in [-0.2, -0.15) is 0 Å². The first-order valence-corrected chi connectivity index (χ1v) is 7.30. The van der Waals surface area contributed by atoms with Gasteiger partial charge in [0.25, 0.3) is 0 Å². The van der Waals surface area contributed by atoms with Gasteiger partial charge in [0.05, 0.1) is 5.56 Å². The normalized spacial score (nSPS) is 10.1. The number of benzene rings is 2. The highest BCUT2D eigenvalue weighted by molar-refractivity contribution is 6.35. The van der Waals surface area contributed by atoms with Crippen molar-refractivity contribution in [3.05, 3.63) is 76.3 Å². The van der Waals surface area contributed by atoms with Crippen molar-refractivity contribution in [2.45, 2.75) is 6.61 Å². The number of hydrogen-bond acceptors (Lipinski definition) is 3. The van der Waals surface area contributed by atoms with Crippen molar-refractivity contribution < 1.29 is 14.3 Å². The van der Waals surface area contributed by atoms with E-state index in [2.05, 4.69) is 6.58 Å². The van der Waals surface area contributed by atoms with Gasteiger partial charge in [0, 0.05) is 15.6 Å². The number of rotatable bonds is 6. The van der Waals surface area contributed by atoms with Crippen LogP contribution >= 0.6 is 23.2 Å². The third-order valence-electron chi connectivity index (χ3n) is 2.83. The third-order valence-corrected chi connectivity index (χ3v) is 3.42. The fraction of sp³-hybridized carbons (Fsp3) is 0.118. The van der Waals surface area contributed by atoms with E-state index in [0.717, 1.165) is 5.56 Å². The zero-order chi connectivity index (χ0) is 15.9. The van der Waals surface area contributed by atoms with Crippen molar-refractivity contribution in [1.82, 2.24) is 0 Å². The maximum absolute atomic E-state index is 11.6. The van der Waals surface area contributed by atoms with E-state index in [1.165, 1.54) is 6.08 Å². The van der Waals surface area contributed by atoms with E-state index >= 15 is 0 Å². The molecular formula is C17H14Cl2O3. The van der Waals surface area contributed by atoms with Crippen LogP contribution in [0.3, 0.4) is 0 Å². The van der Waals surface area contributed by atoms with Gasteiger partial charge in [-0.15, -0.1) is 0 Å². The second-order valence-corrected chi connectivity index (χ2v) is 5.28. The van der Waals surface area contributed by atoms with E-state index in [1.54, 1.807) is 36.4 Å². The number of carbonyl (C=O) groups is 1. The Balaban J connectivity index is 1.96. The molecule has 22 heavy (non-hydrogen) atoms. The number of carbonyl (C=O) groups excluding carboxylic acids is 1. The monoisotopic (exact) mass is 336 g/mol. The van der Waals surface area contributed by atoms with Gasteiger partial charge < -0.3 is 9.47 Å². The Morgan fingerprint density at radius 1 is 1.14 bits per heavy atom. The van der Waals surface area contributed by atoms with Crippen LogP contribution in [0.25, 0.3) is 0 Å². The summed E-state index contributed by atoms with van der Waals surface area (Å²) in [6.07, 6.45) is 1.52. The first-order chi connectivity index (χ1) is 10.6. The number of halogens is 2. The van der Waals surface area contributed by atoms with Gasteiger partial charge >= 0.3 is 5.97 Å². The summed E-state index contributed by atoms with van der Waals surface area (Å²) >= 11 is 11.9. The van der Waals surface area contributed by atoms with Gasteiger partial charge in [-0.25, -0.2) is 4.79 Å². The van der Waals surface area contributed by atoms with Crippen molar-refractivity contribution in [3.8, 4) is 5.75 Å². The summed E-state index contributed by atoms with van der Waals surface area (Å²) in [5, 5.41) is 1.13. The Morgan fingerprint density at radius 2 is 1.86 bits per heavy atom. The molecule has 0 unspecified atom stereocenters. The summed E-state index contributed by atoms with van der Waals surface area (Å²) in [4.78, 5) is 11.6. The van der Waals surface area contributed by atoms with Crippen LogP contribution in [0.15, 0.2) is 55.1 Å². The maximum Gasteiger partial charge on any atom is 0.338 e. The smallest absolute Gasteiger partial charge is 0.338 e. The number of hydrogen-bond donors (Lipinski definition) is 0. The third kappa shape index (κ3) is 4.52.